The zero-order valence-electron chi connectivity index (χ0n) is 9.24. The number of hydrogen-bond donors (Lipinski definition) is 1. The summed E-state index contributed by atoms with van der Waals surface area (Å²) < 4.78 is 4.96. The van der Waals surface area contributed by atoms with Crippen LogP contribution in [-0.2, 0) is 4.74 Å². The van der Waals surface area contributed by atoms with E-state index in [-0.39, 0.29) is 22.7 Å². The first-order valence-electron chi connectivity index (χ1n) is 4.88. The largest absolute Gasteiger partial charge is 0.384 e. The molecule has 1 aromatic heterocycles. The van der Waals surface area contributed by atoms with Gasteiger partial charge in [-0.3, -0.25) is 9.78 Å². The van der Waals surface area contributed by atoms with Crippen molar-refractivity contribution in [2.45, 2.75) is 6.92 Å². The van der Waals surface area contributed by atoms with Gasteiger partial charge in [-0.2, -0.15) is 0 Å². The van der Waals surface area contributed by atoms with Crippen LogP contribution in [-0.4, -0.2) is 36.1 Å². The van der Waals surface area contributed by atoms with Gasteiger partial charge in [-0.25, -0.2) is 4.98 Å². The monoisotopic (exact) mass is 243 g/mol. The van der Waals surface area contributed by atoms with E-state index in [1.54, 1.807) is 7.11 Å². The van der Waals surface area contributed by atoms with Crippen LogP contribution in [0.4, 0.5) is 0 Å². The second kappa shape index (κ2) is 6.40. The Labute approximate surface area is 99.2 Å². The lowest BCUT2D eigenvalue weighted by atomic mass is 10.2. The third-order valence-corrected chi connectivity index (χ3v) is 2.08. The maximum atomic E-state index is 11.6. The SMILES string of the molecule is COCC(C)CNC(=O)c1cncc(Cl)n1. The van der Waals surface area contributed by atoms with E-state index >= 15 is 0 Å². The van der Waals surface area contributed by atoms with Gasteiger partial charge in [-0.15, -0.1) is 0 Å². The molecular formula is C10H14ClN3O2. The topological polar surface area (TPSA) is 64.1 Å². The second-order valence-electron chi connectivity index (χ2n) is 3.50. The summed E-state index contributed by atoms with van der Waals surface area (Å²) in [6.45, 7) is 3.11. The van der Waals surface area contributed by atoms with Crippen molar-refractivity contribution in [1.29, 1.82) is 0 Å². The van der Waals surface area contributed by atoms with Crippen LogP contribution in [0.1, 0.15) is 17.4 Å². The van der Waals surface area contributed by atoms with Crippen LogP contribution in [0, 0.1) is 5.92 Å². The fraction of sp³-hybridized carbons (Fsp3) is 0.500. The normalized spacial score (nSPS) is 12.2. The summed E-state index contributed by atoms with van der Waals surface area (Å²) in [5.41, 5.74) is 0.220. The number of nitrogens with zero attached hydrogens (tertiary/aromatic N) is 2. The third kappa shape index (κ3) is 4.12. The first-order chi connectivity index (χ1) is 7.63. The van der Waals surface area contributed by atoms with Crippen LogP contribution in [0.3, 0.4) is 0 Å². The Balaban J connectivity index is 2.47. The zero-order chi connectivity index (χ0) is 12.0. The summed E-state index contributed by atoms with van der Waals surface area (Å²) in [5, 5.41) is 2.94. The maximum Gasteiger partial charge on any atom is 0.271 e. The van der Waals surface area contributed by atoms with Crippen LogP contribution < -0.4 is 5.32 Å². The minimum absolute atomic E-state index is 0.206. The number of carbonyl (C=O) groups is 1. The Hall–Kier alpha value is -1.20. The van der Waals surface area contributed by atoms with E-state index in [4.69, 9.17) is 16.3 Å². The van der Waals surface area contributed by atoms with Crippen molar-refractivity contribution in [3.63, 3.8) is 0 Å². The number of amides is 1. The standard InChI is InChI=1S/C10H14ClN3O2/c1-7(6-16-2)3-13-10(15)8-4-12-5-9(11)14-8/h4-5,7H,3,6H2,1-2H3,(H,13,15). The molecule has 0 radical (unpaired) electrons. The molecule has 0 saturated carbocycles. The minimum Gasteiger partial charge on any atom is -0.384 e. The predicted molar refractivity (Wildman–Crippen MR) is 60.4 cm³/mol. The summed E-state index contributed by atoms with van der Waals surface area (Å²) in [4.78, 5) is 19.2. The number of rotatable bonds is 5. The fourth-order valence-corrected chi connectivity index (χ4v) is 1.30. The zero-order valence-corrected chi connectivity index (χ0v) is 9.99. The molecule has 1 N–H and O–H groups in total. The first-order valence-corrected chi connectivity index (χ1v) is 5.26. The third-order valence-electron chi connectivity index (χ3n) is 1.90. The molecule has 1 atom stereocenters. The number of ether oxygens (including phenoxy) is 1. The molecule has 0 aliphatic heterocycles. The van der Waals surface area contributed by atoms with E-state index in [0.29, 0.717) is 13.2 Å². The minimum atomic E-state index is -0.280. The lowest BCUT2D eigenvalue weighted by Crippen LogP contribution is -2.30. The van der Waals surface area contributed by atoms with Crippen LogP contribution in [0.2, 0.25) is 5.15 Å². The van der Waals surface area contributed by atoms with Crippen molar-refractivity contribution in [3.8, 4) is 0 Å². The smallest absolute Gasteiger partial charge is 0.271 e. The quantitative estimate of drug-likeness (QED) is 0.843. The average molecular weight is 244 g/mol. The molecule has 0 bridgehead atoms. The van der Waals surface area contributed by atoms with E-state index in [0.717, 1.165) is 0 Å². The Bertz CT molecular complexity index is 360. The van der Waals surface area contributed by atoms with Gasteiger partial charge in [0.1, 0.15) is 10.8 Å². The number of aromatic nitrogens is 2. The Morgan fingerprint density at radius 3 is 3.00 bits per heavy atom. The summed E-state index contributed by atoms with van der Waals surface area (Å²) in [6, 6.07) is 0. The van der Waals surface area contributed by atoms with Gasteiger partial charge in [0.25, 0.3) is 5.91 Å². The number of methoxy groups -OCH3 is 1. The van der Waals surface area contributed by atoms with Gasteiger partial charge in [-0.1, -0.05) is 18.5 Å². The number of nitrogens with one attached hydrogen (secondary N) is 1. The van der Waals surface area contributed by atoms with Gasteiger partial charge >= 0.3 is 0 Å². The Kier molecular flexibility index (Phi) is 5.14. The van der Waals surface area contributed by atoms with E-state index in [2.05, 4.69) is 15.3 Å². The fourth-order valence-electron chi connectivity index (χ4n) is 1.15. The molecule has 0 aromatic carbocycles. The molecule has 5 nitrogen and oxygen atoms in total. The van der Waals surface area contributed by atoms with E-state index in [9.17, 15) is 4.79 Å². The van der Waals surface area contributed by atoms with Crippen LogP contribution in [0.25, 0.3) is 0 Å². The maximum absolute atomic E-state index is 11.6. The van der Waals surface area contributed by atoms with Gasteiger partial charge in [0.15, 0.2) is 0 Å². The highest BCUT2D eigenvalue weighted by molar-refractivity contribution is 6.29. The number of hydrogen-bond acceptors (Lipinski definition) is 4. The molecule has 0 aliphatic rings. The molecule has 0 saturated heterocycles. The molecule has 16 heavy (non-hydrogen) atoms. The molecule has 6 heteroatoms. The summed E-state index contributed by atoms with van der Waals surface area (Å²) in [5.74, 6) is -0.0287. The van der Waals surface area contributed by atoms with Gasteiger partial charge in [0, 0.05) is 13.7 Å². The van der Waals surface area contributed by atoms with Crippen molar-refractivity contribution in [1.82, 2.24) is 15.3 Å². The van der Waals surface area contributed by atoms with E-state index < -0.39 is 0 Å². The molecule has 1 aromatic rings. The molecule has 0 aliphatic carbocycles. The van der Waals surface area contributed by atoms with Crippen LogP contribution >= 0.6 is 11.6 Å². The molecular weight excluding hydrogens is 230 g/mol. The average Bonchev–Trinajstić information content (AvgIpc) is 2.26. The van der Waals surface area contributed by atoms with Gasteiger partial charge in [0.2, 0.25) is 0 Å². The number of carbonyl (C=O) groups excluding carboxylic acids is 1. The van der Waals surface area contributed by atoms with Crippen molar-refractivity contribution in [2.24, 2.45) is 5.92 Å². The lowest BCUT2D eigenvalue weighted by Gasteiger charge is -2.10. The highest BCUT2D eigenvalue weighted by Gasteiger charge is 2.09. The van der Waals surface area contributed by atoms with Crippen LogP contribution in [0.15, 0.2) is 12.4 Å². The van der Waals surface area contributed by atoms with Crippen molar-refractivity contribution < 1.29 is 9.53 Å². The number of halogens is 1. The van der Waals surface area contributed by atoms with Gasteiger partial charge < -0.3 is 10.1 Å². The summed E-state index contributed by atoms with van der Waals surface area (Å²) >= 11 is 5.63. The van der Waals surface area contributed by atoms with Gasteiger partial charge in [-0.05, 0) is 5.92 Å². The van der Waals surface area contributed by atoms with Crippen LogP contribution in [0.5, 0.6) is 0 Å². The first kappa shape index (κ1) is 12.9. The Morgan fingerprint density at radius 2 is 2.38 bits per heavy atom. The highest BCUT2D eigenvalue weighted by Crippen LogP contribution is 2.02. The van der Waals surface area contributed by atoms with Crippen molar-refractivity contribution in [3.05, 3.63) is 23.2 Å². The molecule has 0 fully saturated rings. The van der Waals surface area contributed by atoms with Crippen molar-refractivity contribution >= 4 is 17.5 Å². The summed E-state index contributed by atoms with van der Waals surface area (Å²) in [6.07, 6.45) is 2.76. The van der Waals surface area contributed by atoms with E-state index in [1.165, 1.54) is 12.4 Å². The molecule has 1 amide bonds. The molecule has 1 unspecified atom stereocenters. The Morgan fingerprint density at radius 1 is 1.62 bits per heavy atom. The van der Waals surface area contributed by atoms with Gasteiger partial charge in [0.05, 0.1) is 19.0 Å². The van der Waals surface area contributed by atoms with E-state index in [1.807, 2.05) is 6.92 Å². The van der Waals surface area contributed by atoms with Crippen molar-refractivity contribution in [2.75, 3.05) is 20.3 Å². The lowest BCUT2D eigenvalue weighted by molar-refractivity contribution is 0.0928. The predicted octanol–water partition coefficient (Wildman–Crippen LogP) is 1.14. The molecule has 1 rings (SSSR count). The molecule has 0 spiro atoms. The molecule has 88 valence electrons. The summed E-state index contributed by atoms with van der Waals surface area (Å²) in [7, 11) is 1.63. The highest BCUT2D eigenvalue weighted by atomic mass is 35.5. The molecule has 1 heterocycles. The second-order valence-corrected chi connectivity index (χ2v) is 3.88.